The third-order valence-electron chi connectivity index (χ3n) is 3.25. The molecule has 0 unspecified atom stereocenters. The highest BCUT2D eigenvalue weighted by Gasteiger charge is 2.26. The van der Waals surface area contributed by atoms with E-state index in [9.17, 15) is 4.79 Å². The molecule has 0 radical (unpaired) electrons. The average molecular weight is 239 g/mol. The molecule has 1 saturated carbocycles. The highest BCUT2D eigenvalue weighted by molar-refractivity contribution is 5.72. The minimum absolute atomic E-state index is 0.0680. The molecule has 4 nitrogen and oxygen atoms in total. The van der Waals surface area contributed by atoms with Gasteiger partial charge in [0.25, 0.3) is 0 Å². The quantitative estimate of drug-likeness (QED) is 0.527. The molecule has 0 aromatic carbocycles. The van der Waals surface area contributed by atoms with Crippen molar-refractivity contribution in [1.29, 1.82) is 5.26 Å². The summed E-state index contributed by atoms with van der Waals surface area (Å²) in [4.78, 5) is 11.3. The van der Waals surface area contributed by atoms with Crippen LogP contribution in [0.1, 0.15) is 44.9 Å². The molecule has 0 amide bonds. The first-order valence-corrected chi connectivity index (χ1v) is 6.34. The normalized spacial score (nSPS) is 24.0. The molecule has 0 N–H and O–H groups in total. The Morgan fingerprint density at radius 3 is 2.59 bits per heavy atom. The van der Waals surface area contributed by atoms with E-state index in [1.165, 1.54) is 7.11 Å². The third kappa shape index (κ3) is 5.18. The van der Waals surface area contributed by atoms with Crippen LogP contribution < -0.4 is 0 Å². The fraction of sp³-hybridized carbons (Fsp3) is 0.846. The summed E-state index contributed by atoms with van der Waals surface area (Å²) < 4.78 is 10.5. The standard InChI is InChI=1S/C13H21NO3/c1-16-13(15)11-5-7-12(8-6-11)17-10-4-2-3-9-14/h11-12H,2-8,10H2,1H3. The van der Waals surface area contributed by atoms with Gasteiger partial charge in [0.15, 0.2) is 0 Å². The van der Waals surface area contributed by atoms with E-state index in [0.29, 0.717) is 6.42 Å². The van der Waals surface area contributed by atoms with Gasteiger partial charge < -0.3 is 9.47 Å². The molecule has 0 spiro atoms. The first-order valence-electron chi connectivity index (χ1n) is 6.34. The smallest absolute Gasteiger partial charge is 0.308 e. The van der Waals surface area contributed by atoms with Gasteiger partial charge in [-0.1, -0.05) is 0 Å². The summed E-state index contributed by atoms with van der Waals surface area (Å²) in [5.74, 6) is -0.0177. The van der Waals surface area contributed by atoms with Crippen molar-refractivity contribution in [2.24, 2.45) is 5.92 Å². The molecule has 0 aromatic heterocycles. The first-order chi connectivity index (χ1) is 8.27. The van der Waals surface area contributed by atoms with E-state index < -0.39 is 0 Å². The molecule has 0 heterocycles. The lowest BCUT2D eigenvalue weighted by atomic mass is 9.87. The van der Waals surface area contributed by atoms with Crippen LogP contribution in [-0.2, 0) is 14.3 Å². The Kier molecular flexibility index (Phi) is 6.64. The van der Waals surface area contributed by atoms with E-state index in [1.54, 1.807) is 0 Å². The molecule has 1 aliphatic carbocycles. The maximum absolute atomic E-state index is 11.3. The minimum Gasteiger partial charge on any atom is -0.469 e. The molecule has 17 heavy (non-hydrogen) atoms. The molecular weight excluding hydrogens is 218 g/mol. The van der Waals surface area contributed by atoms with Gasteiger partial charge in [-0.05, 0) is 38.5 Å². The van der Waals surface area contributed by atoms with Crippen molar-refractivity contribution in [3.05, 3.63) is 0 Å². The van der Waals surface area contributed by atoms with Crippen LogP contribution in [0.3, 0.4) is 0 Å². The number of methoxy groups -OCH3 is 1. The van der Waals surface area contributed by atoms with E-state index in [1.807, 2.05) is 0 Å². The second kappa shape index (κ2) is 8.08. The Bertz CT molecular complexity index is 264. The molecule has 0 bridgehead atoms. The summed E-state index contributed by atoms with van der Waals surface area (Å²) in [5, 5.41) is 8.38. The average Bonchev–Trinajstić information content (AvgIpc) is 2.38. The van der Waals surface area contributed by atoms with Gasteiger partial charge in [-0.25, -0.2) is 0 Å². The molecule has 0 saturated heterocycles. The lowest BCUT2D eigenvalue weighted by Gasteiger charge is -2.26. The van der Waals surface area contributed by atoms with Crippen LogP contribution in [0.5, 0.6) is 0 Å². The predicted molar refractivity (Wildman–Crippen MR) is 63.2 cm³/mol. The van der Waals surface area contributed by atoms with E-state index >= 15 is 0 Å². The zero-order chi connectivity index (χ0) is 12.5. The van der Waals surface area contributed by atoms with Crippen molar-refractivity contribution < 1.29 is 14.3 Å². The summed E-state index contributed by atoms with van der Waals surface area (Å²) in [6.45, 7) is 0.731. The largest absolute Gasteiger partial charge is 0.469 e. The minimum atomic E-state index is -0.0857. The fourth-order valence-electron chi connectivity index (χ4n) is 2.19. The Balaban J connectivity index is 2.07. The van der Waals surface area contributed by atoms with Crippen molar-refractivity contribution in [2.45, 2.75) is 51.0 Å². The molecular formula is C13H21NO3. The van der Waals surface area contributed by atoms with E-state index in [2.05, 4.69) is 6.07 Å². The number of nitrogens with zero attached hydrogens (tertiary/aromatic N) is 1. The number of rotatable bonds is 6. The summed E-state index contributed by atoms with van der Waals surface area (Å²) >= 11 is 0. The van der Waals surface area contributed by atoms with Gasteiger partial charge in [0.1, 0.15) is 0 Å². The maximum Gasteiger partial charge on any atom is 0.308 e. The number of unbranched alkanes of at least 4 members (excludes halogenated alkanes) is 2. The zero-order valence-electron chi connectivity index (χ0n) is 10.5. The lowest BCUT2D eigenvalue weighted by molar-refractivity contribution is -0.147. The molecule has 0 aromatic rings. The fourth-order valence-corrected chi connectivity index (χ4v) is 2.19. The van der Waals surface area contributed by atoms with Crippen molar-refractivity contribution in [1.82, 2.24) is 0 Å². The number of carbonyl (C=O) groups excluding carboxylic acids is 1. The Morgan fingerprint density at radius 2 is 2.00 bits per heavy atom. The van der Waals surface area contributed by atoms with Gasteiger partial charge >= 0.3 is 5.97 Å². The van der Waals surface area contributed by atoms with Gasteiger partial charge in [0, 0.05) is 13.0 Å². The second-order valence-electron chi connectivity index (χ2n) is 4.48. The van der Waals surface area contributed by atoms with Gasteiger partial charge in [-0.15, -0.1) is 0 Å². The molecule has 0 aliphatic heterocycles. The van der Waals surface area contributed by atoms with Gasteiger partial charge in [-0.2, -0.15) is 5.26 Å². The van der Waals surface area contributed by atoms with Crippen LogP contribution in [0.15, 0.2) is 0 Å². The summed E-state index contributed by atoms with van der Waals surface area (Å²) in [7, 11) is 1.44. The van der Waals surface area contributed by atoms with E-state index in [0.717, 1.165) is 45.1 Å². The number of ether oxygens (including phenoxy) is 2. The summed E-state index contributed by atoms with van der Waals surface area (Å²) in [5.41, 5.74) is 0. The number of hydrogen-bond donors (Lipinski definition) is 0. The van der Waals surface area contributed by atoms with E-state index in [-0.39, 0.29) is 18.0 Å². The molecule has 4 heteroatoms. The highest BCUT2D eigenvalue weighted by atomic mass is 16.5. The molecule has 1 fully saturated rings. The van der Waals surface area contributed by atoms with Crippen molar-refractivity contribution in [2.75, 3.05) is 13.7 Å². The van der Waals surface area contributed by atoms with Crippen LogP contribution in [0.4, 0.5) is 0 Å². The van der Waals surface area contributed by atoms with E-state index in [4.69, 9.17) is 14.7 Å². The Hall–Kier alpha value is -1.08. The van der Waals surface area contributed by atoms with Crippen LogP contribution in [0.25, 0.3) is 0 Å². The van der Waals surface area contributed by atoms with Crippen molar-refractivity contribution in [3.63, 3.8) is 0 Å². The first kappa shape index (κ1) is 14.0. The molecule has 1 aliphatic rings. The van der Waals surface area contributed by atoms with Gasteiger partial charge in [0.2, 0.25) is 0 Å². The maximum atomic E-state index is 11.3. The van der Waals surface area contributed by atoms with Crippen LogP contribution in [0.2, 0.25) is 0 Å². The number of nitriles is 1. The third-order valence-corrected chi connectivity index (χ3v) is 3.25. The Labute approximate surface area is 103 Å². The van der Waals surface area contributed by atoms with Gasteiger partial charge in [-0.3, -0.25) is 4.79 Å². The zero-order valence-corrected chi connectivity index (χ0v) is 10.5. The number of hydrogen-bond acceptors (Lipinski definition) is 4. The summed E-state index contributed by atoms with van der Waals surface area (Å²) in [6.07, 6.45) is 6.39. The SMILES string of the molecule is COC(=O)C1CCC(OCCCCC#N)CC1. The topological polar surface area (TPSA) is 59.3 Å². The second-order valence-corrected chi connectivity index (χ2v) is 4.48. The van der Waals surface area contributed by atoms with Crippen LogP contribution >= 0.6 is 0 Å². The summed E-state index contributed by atoms with van der Waals surface area (Å²) in [6, 6.07) is 2.12. The van der Waals surface area contributed by atoms with Crippen LogP contribution in [0, 0.1) is 17.2 Å². The number of esters is 1. The van der Waals surface area contributed by atoms with Crippen LogP contribution in [-0.4, -0.2) is 25.8 Å². The molecule has 96 valence electrons. The molecule has 0 atom stereocenters. The highest BCUT2D eigenvalue weighted by Crippen LogP contribution is 2.27. The molecule has 1 rings (SSSR count). The van der Waals surface area contributed by atoms with Gasteiger partial charge in [0.05, 0.1) is 25.2 Å². The monoisotopic (exact) mass is 239 g/mol. The number of carbonyl (C=O) groups is 1. The van der Waals surface area contributed by atoms with Crippen molar-refractivity contribution >= 4 is 5.97 Å². The Morgan fingerprint density at radius 1 is 1.29 bits per heavy atom. The van der Waals surface area contributed by atoms with Crippen molar-refractivity contribution in [3.8, 4) is 6.07 Å². The lowest BCUT2D eigenvalue weighted by Crippen LogP contribution is -2.27. The predicted octanol–water partition coefficient (Wildman–Crippen LogP) is 2.43.